The van der Waals surface area contributed by atoms with Crippen LogP contribution in [0.15, 0.2) is 24.3 Å². The van der Waals surface area contributed by atoms with E-state index in [1.54, 1.807) is 7.11 Å². The van der Waals surface area contributed by atoms with E-state index < -0.39 is 0 Å². The molecule has 3 heterocycles. The fourth-order valence-electron chi connectivity index (χ4n) is 4.75. The van der Waals surface area contributed by atoms with E-state index in [4.69, 9.17) is 4.74 Å². The molecule has 0 N–H and O–H groups in total. The second-order valence-corrected chi connectivity index (χ2v) is 8.30. The van der Waals surface area contributed by atoms with Gasteiger partial charge in [0.1, 0.15) is 5.75 Å². The first-order valence-corrected chi connectivity index (χ1v) is 10.2. The van der Waals surface area contributed by atoms with Crippen LogP contribution in [0, 0.1) is 13.8 Å². The van der Waals surface area contributed by atoms with Crippen molar-refractivity contribution in [2.75, 3.05) is 26.7 Å². The fourth-order valence-corrected chi connectivity index (χ4v) is 4.75. The number of rotatable bonds is 5. The molecule has 2 aliphatic heterocycles. The molecule has 2 aromatic rings. The molecule has 27 heavy (non-hydrogen) atoms. The van der Waals surface area contributed by atoms with Crippen LogP contribution in [0.3, 0.4) is 0 Å². The maximum Gasteiger partial charge on any atom is 0.123 e. The van der Waals surface area contributed by atoms with E-state index >= 15 is 0 Å². The summed E-state index contributed by atoms with van der Waals surface area (Å²) in [6.45, 7) is 12.0. The molecule has 0 unspecified atom stereocenters. The van der Waals surface area contributed by atoms with Gasteiger partial charge < -0.3 is 4.74 Å². The Hall–Kier alpha value is -1.85. The highest BCUT2D eigenvalue weighted by Crippen LogP contribution is 2.27. The predicted octanol–water partition coefficient (Wildman–Crippen LogP) is 3.23. The summed E-state index contributed by atoms with van der Waals surface area (Å²) >= 11 is 0. The van der Waals surface area contributed by atoms with Crippen LogP contribution in [0.5, 0.6) is 5.75 Å². The number of aromatic nitrogens is 2. The van der Waals surface area contributed by atoms with E-state index in [9.17, 15) is 0 Å². The van der Waals surface area contributed by atoms with Gasteiger partial charge in [0.25, 0.3) is 0 Å². The monoisotopic (exact) mass is 368 g/mol. The van der Waals surface area contributed by atoms with Crippen molar-refractivity contribution in [1.82, 2.24) is 19.6 Å². The zero-order valence-corrected chi connectivity index (χ0v) is 17.1. The van der Waals surface area contributed by atoms with Crippen molar-refractivity contribution in [3.05, 3.63) is 46.8 Å². The average molecular weight is 369 g/mol. The smallest absolute Gasteiger partial charge is 0.123 e. The van der Waals surface area contributed by atoms with Gasteiger partial charge in [-0.05, 0) is 63.9 Å². The fraction of sp³-hybridized carbons (Fsp3) is 0.591. The van der Waals surface area contributed by atoms with Gasteiger partial charge in [0, 0.05) is 43.0 Å². The lowest BCUT2D eigenvalue weighted by Gasteiger charge is -2.42. The Labute approximate surface area is 162 Å². The van der Waals surface area contributed by atoms with Crippen LogP contribution < -0.4 is 4.74 Å². The molecule has 0 bridgehead atoms. The normalized spacial score (nSPS) is 23.6. The minimum atomic E-state index is 0.612. The highest BCUT2D eigenvalue weighted by molar-refractivity contribution is 5.37. The average Bonchev–Trinajstić information content (AvgIpc) is 3.21. The van der Waals surface area contributed by atoms with Crippen LogP contribution >= 0.6 is 0 Å². The van der Waals surface area contributed by atoms with Gasteiger partial charge in [0.05, 0.1) is 19.3 Å². The zero-order valence-electron chi connectivity index (χ0n) is 17.1. The quantitative estimate of drug-likeness (QED) is 0.811. The van der Waals surface area contributed by atoms with Gasteiger partial charge in [-0.25, -0.2) is 0 Å². The van der Waals surface area contributed by atoms with Crippen molar-refractivity contribution in [2.45, 2.75) is 58.8 Å². The first-order chi connectivity index (χ1) is 13.0. The largest absolute Gasteiger partial charge is 0.496 e. The van der Waals surface area contributed by atoms with Gasteiger partial charge in [-0.3, -0.25) is 14.5 Å². The highest BCUT2D eigenvalue weighted by atomic mass is 16.5. The number of piperazine rings is 1. The van der Waals surface area contributed by atoms with Crippen molar-refractivity contribution >= 4 is 0 Å². The SMILES string of the molecule is COc1ccc(CN2C[C@@H]3CCCN3C[C@H]2C)cc1Cn1nc(C)cc1C. The summed E-state index contributed by atoms with van der Waals surface area (Å²) in [4.78, 5) is 5.34. The molecule has 1 aromatic carbocycles. The third-order valence-corrected chi connectivity index (χ3v) is 6.22. The van der Waals surface area contributed by atoms with Crippen LogP contribution in [-0.4, -0.2) is 58.4 Å². The molecule has 0 radical (unpaired) electrons. The lowest BCUT2D eigenvalue weighted by molar-refractivity contribution is 0.0540. The van der Waals surface area contributed by atoms with Gasteiger partial charge >= 0.3 is 0 Å². The number of ether oxygens (including phenoxy) is 1. The first-order valence-electron chi connectivity index (χ1n) is 10.2. The molecule has 4 rings (SSSR count). The minimum Gasteiger partial charge on any atom is -0.496 e. The lowest BCUT2D eigenvalue weighted by atomic mass is 10.0. The van der Waals surface area contributed by atoms with Crippen LogP contribution in [0.25, 0.3) is 0 Å². The maximum atomic E-state index is 5.63. The molecule has 1 aromatic heterocycles. The molecular formula is C22H32N4O. The third kappa shape index (κ3) is 3.90. The Kier molecular flexibility index (Phi) is 5.24. The van der Waals surface area contributed by atoms with Crippen LogP contribution in [-0.2, 0) is 13.1 Å². The molecule has 0 aliphatic carbocycles. The molecule has 2 atom stereocenters. The lowest BCUT2D eigenvalue weighted by Crippen LogP contribution is -2.54. The summed E-state index contributed by atoms with van der Waals surface area (Å²) in [5, 5.41) is 4.62. The molecule has 0 amide bonds. The molecule has 146 valence electrons. The van der Waals surface area contributed by atoms with E-state index in [0.29, 0.717) is 6.04 Å². The third-order valence-electron chi connectivity index (χ3n) is 6.22. The van der Waals surface area contributed by atoms with Crippen LogP contribution in [0.2, 0.25) is 0 Å². The molecule has 2 aliphatic rings. The van der Waals surface area contributed by atoms with E-state index in [0.717, 1.165) is 30.6 Å². The number of fused-ring (bicyclic) bond motifs is 1. The Morgan fingerprint density at radius 1 is 1.15 bits per heavy atom. The topological polar surface area (TPSA) is 33.5 Å². The van der Waals surface area contributed by atoms with Crippen LogP contribution in [0.4, 0.5) is 0 Å². The number of methoxy groups -OCH3 is 1. The standard InChI is InChI=1S/C22H32N4O/c1-16-10-17(2)26(23-16)14-20-11-19(7-8-22(20)27-4)13-25-15-21-6-5-9-24(21)12-18(25)3/h7-8,10-11,18,21H,5-6,9,12-15H2,1-4H3/t18-,21+/m1/s1. The van der Waals surface area contributed by atoms with Gasteiger partial charge in [-0.15, -0.1) is 0 Å². The zero-order chi connectivity index (χ0) is 19.0. The molecule has 2 fully saturated rings. The number of hydrogen-bond acceptors (Lipinski definition) is 4. The molecule has 5 heteroatoms. The Bertz CT molecular complexity index is 800. The summed E-state index contributed by atoms with van der Waals surface area (Å²) in [7, 11) is 1.75. The molecular weight excluding hydrogens is 336 g/mol. The van der Waals surface area contributed by atoms with Crippen LogP contribution in [0.1, 0.15) is 42.3 Å². The van der Waals surface area contributed by atoms with Crippen molar-refractivity contribution < 1.29 is 4.74 Å². The number of aryl methyl sites for hydroxylation is 2. The van der Waals surface area contributed by atoms with Gasteiger partial charge in [0.2, 0.25) is 0 Å². The Morgan fingerprint density at radius 2 is 2.00 bits per heavy atom. The Balaban J connectivity index is 1.52. The second-order valence-electron chi connectivity index (χ2n) is 8.30. The Morgan fingerprint density at radius 3 is 2.74 bits per heavy atom. The second kappa shape index (κ2) is 7.64. The first kappa shape index (κ1) is 18.5. The summed E-state index contributed by atoms with van der Waals surface area (Å²) in [6, 6.07) is 10.1. The molecule has 0 saturated carbocycles. The van der Waals surface area contributed by atoms with Gasteiger partial charge in [0.15, 0.2) is 0 Å². The van der Waals surface area contributed by atoms with E-state index in [1.807, 2.05) is 6.92 Å². The minimum absolute atomic E-state index is 0.612. The van der Waals surface area contributed by atoms with Gasteiger partial charge in [-0.2, -0.15) is 5.10 Å². The summed E-state index contributed by atoms with van der Waals surface area (Å²) < 4.78 is 7.69. The van der Waals surface area contributed by atoms with E-state index in [1.165, 1.54) is 49.3 Å². The van der Waals surface area contributed by atoms with E-state index in [-0.39, 0.29) is 0 Å². The molecule has 5 nitrogen and oxygen atoms in total. The maximum absolute atomic E-state index is 5.63. The van der Waals surface area contributed by atoms with Gasteiger partial charge in [-0.1, -0.05) is 6.07 Å². The van der Waals surface area contributed by atoms with Crippen molar-refractivity contribution in [3.8, 4) is 5.75 Å². The van der Waals surface area contributed by atoms with Crippen molar-refractivity contribution in [2.24, 2.45) is 0 Å². The van der Waals surface area contributed by atoms with Crippen molar-refractivity contribution in [3.63, 3.8) is 0 Å². The summed E-state index contributed by atoms with van der Waals surface area (Å²) in [5.41, 5.74) is 4.82. The molecule has 0 spiro atoms. The molecule has 2 saturated heterocycles. The highest BCUT2D eigenvalue weighted by Gasteiger charge is 2.34. The summed E-state index contributed by atoms with van der Waals surface area (Å²) in [5.74, 6) is 0.944. The number of hydrogen-bond donors (Lipinski definition) is 0. The number of nitrogens with zero attached hydrogens (tertiary/aromatic N) is 4. The predicted molar refractivity (Wildman–Crippen MR) is 108 cm³/mol. The van der Waals surface area contributed by atoms with E-state index in [2.05, 4.69) is 57.7 Å². The summed E-state index contributed by atoms with van der Waals surface area (Å²) in [6.07, 6.45) is 2.72. The number of benzene rings is 1. The van der Waals surface area contributed by atoms with Crippen molar-refractivity contribution in [1.29, 1.82) is 0 Å².